The molecule has 0 aliphatic heterocycles. The van der Waals surface area contributed by atoms with Gasteiger partial charge in [0, 0.05) is 22.9 Å². The number of carbonyl (C=O) groups is 1. The van der Waals surface area contributed by atoms with Crippen LogP contribution in [-0.4, -0.2) is 34.8 Å². The van der Waals surface area contributed by atoms with Crippen molar-refractivity contribution in [2.75, 3.05) is 18.9 Å². The maximum atomic E-state index is 12.1. The number of aromatic amines is 1. The van der Waals surface area contributed by atoms with Gasteiger partial charge in [-0.25, -0.2) is 4.98 Å². The molecule has 0 radical (unpaired) electrons. The van der Waals surface area contributed by atoms with Gasteiger partial charge in [-0.05, 0) is 48.9 Å². The number of imidazole rings is 1. The molecule has 3 aromatic rings. The van der Waals surface area contributed by atoms with E-state index < -0.39 is 0 Å². The van der Waals surface area contributed by atoms with E-state index in [0.29, 0.717) is 23.7 Å². The van der Waals surface area contributed by atoms with Crippen molar-refractivity contribution in [1.82, 2.24) is 15.3 Å². The van der Waals surface area contributed by atoms with E-state index in [0.717, 1.165) is 27.9 Å². The number of nitrogens with one attached hydrogen (secondary N) is 2. The average Bonchev–Trinajstić information content (AvgIpc) is 3.15. The van der Waals surface area contributed by atoms with Crippen LogP contribution in [0, 0.1) is 0 Å². The van der Waals surface area contributed by atoms with E-state index in [-0.39, 0.29) is 5.91 Å². The molecular weight excluding hydrogens is 382 g/mol. The lowest BCUT2D eigenvalue weighted by Crippen LogP contribution is -2.25. The standard InChI is InChI=1S/C20H20ClN3O2S/c1-2-26-17-9-5-15(6-10-17)19(25)22-11-12-27-20-23-13-18(24-20)14-3-7-16(21)8-4-14/h3-10,13H,2,11-12H2,1H3,(H,22,25)(H,23,24). The zero-order valence-electron chi connectivity index (χ0n) is 14.9. The minimum absolute atomic E-state index is 0.0973. The molecule has 140 valence electrons. The summed E-state index contributed by atoms with van der Waals surface area (Å²) in [5.74, 6) is 1.38. The molecule has 0 spiro atoms. The van der Waals surface area contributed by atoms with Gasteiger partial charge in [0.25, 0.3) is 5.91 Å². The predicted octanol–water partition coefficient (Wildman–Crippen LogP) is 4.65. The van der Waals surface area contributed by atoms with Gasteiger partial charge in [-0.3, -0.25) is 4.79 Å². The fraction of sp³-hybridized carbons (Fsp3) is 0.200. The third-order valence-electron chi connectivity index (χ3n) is 3.76. The molecule has 7 heteroatoms. The lowest BCUT2D eigenvalue weighted by Gasteiger charge is -2.06. The van der Waals surface area contributed by atoms with E-state index in [1.54, 1.807) is 42.2 Å². The molecule has 1 aromatic heterocycles. The van der Waals surface area contributed by atoms with Crippen LogP contribution >= 0.6 is 23.4 Å². The first-order chi connectivity index (χ1) is 13.2. The Hall–Kier alpha value is -2.44. The molecule has 27 heavy (non-hydrogen) atoms. The second-order valence-corrected chi connectivity index (χ2v) is 7.19. The van der Waals surface area contributed by atoms with Gasteiger partial charge in [0.1, 0.15) is 5.75 Å². The summed E-state index contributed by atoms with van der Waals surface area (Å²) in [6.45, 7) is 3.08. The monoisotopic (exact) mass is 401 g/mol. The number of hydrogen-bond donors (Lipinski definition) is 2. The largest absolute Gasteiger partial charge is 0.494 e. The van der Waals surface area contributed by atoms with Crippen molar-refractivity contribution in [2.24, 2.45) is 0 Å². The molecule has 1 amide bonds. The number of hydrogen-bond acceptors (Lipinski definition) is 4. The van der Waals surface area contributed by atoms with Crippen molar-refractivity contribution in [3.8, 4) is 17.0 Å². The summed E-state index contributed by atoms with van der Waals surface area (Å²) in [6, 6.07) is 14.7. The summed E-state index contributed by atoms with van der Waals surface area (Å²) in [5.41, 5.74) is 2.58. The van der Waals surface area contributed by atoms with Crippen LogP contribution in [0.4, 0.5) is 0 Å². The highest BCUT2D eigenvalue weighted by Gasteiger charge is 2.07. The Morgan fingerprint density at radius 3 is 2.63 bits per heavy atom. The van der Waals surface area contributed by atoms with Crippen molar-refractivity contribution in [3.05, 3.63) is 65.3 Å². The lowest BCUT2D eigenvalue weighted by atomic mass is 10.2. The van der Waals surface area contributed by atoms with E-state index in [1.165, 1.54) is 0 Å². The molecule has 0 atom stereocenters. The predicted molar refractivity (Wildman–Crippen MR) is 110 cm³/mol. The van der Waals surface area contributed by atoms with Crippen LogP contribution in [0.25, 0.3) is 11.3 Å². The van der Waals surface area contributed by atoms with E-state index in [4.69, 9.17) is 16.3 Å². The molecule has 5 nitrogen and oxygen atoms in total. The van der Waals surface area contributed by atoms with Crippen LogP contribution in [0.3, 0.4) is 0 Å². The normalized spacial score (nSPS) is 10.6. The molecule has 0 aliphatic rings. The van der Waals surface area contributed by atoms with Crippen molar-refractivity contribution >= 4 is 29.3 Å². The first kappa shape index (κ1) is 19.3. The number of nitrogens with zero attached hydrogens (tertiary/aromatic N) is 1. The molecule has 0 aliphatic carbocycles. The Labute approximate surface area is 167 Å². The van der Waals surface area contributed by atoms with Gasteiger partial charge < -0.3 is 15.0 Å². The average molecular weight is 402 g/mol. The summed E-state index contributed by atoms with van der Waals surface area (Å²) < 4.78 is 5.38. The Kier molecular flexibility index (Phi) is 6.79. The molecule has 2 aromatic carbocycles. The van der Waals surface area contributed by atoms with Crippen molar-refractivity contribution in [1.29, 1.82) is 0 Å². The minimum Gasteiger partial charge on any atom is -0.494 e. The van der Waals surface area contributed by atoms with Gasteiger partial charge in [-0.1, -0.05) is 35.5 Å². The molecule has 0 unspecified atom stereocenters. The Bertz CT molecular complexity index is 879. The zero-order valence-corrected chi connectivity index (χ0v) is 16.4. The van der Waals surface area contributed by atoms with Crippen LogP contribution in [-0.2, 0) is 0 Å². The second-order valence-electron chi connectivity index (χ2n) is 5.67. The highest BCUT2D eigenvalue weighted by Crippen LogP contribution is 2.22. The van der Waals surface area contributed by atoms with E-state index in [2.05, 4.69) is 15.3 Å². The summed E-state index contributed by atoms with van der Waals surface area (Å²) in [4.78, 5) is 19.8. The molecule has 3 rings (SSSR count). The highest BCUT2D eigenvalue weighted by atomic mass is 35.5. The third-order valence-corrected chi connectivity index (χ3v) is 4.90. The molecule has 2 N–H and O–H groups in total. The van der Waals surface area contributed by atoms with E-state index >= 15 is 0 Å². The molecule has 0 saturated carbocycles. The molecule has 0 fully saturated rings. The van der Waals surface area contributed by atoms with Crippen molar-refractivity contribution in [2.45, 2.75) is 12.1 Å². The van der Waals surface area contributed by atoms with Crippen molar-refractivity contribution in [3.63, 3.8) is 0 Å². The van der Waals surface area contributed by atoms with Crippen LogP contribution < -0.4 is 10.1 Å². The number of rotatable bonds is 8. The number of aromatic nitrogens is 2. The van der Waals surface area contributed by atoms with Crippen LogP contribution in [0.1, 0.15) is 17.3 Å². The summed E-state index contributed by atoms with van der Waals surface area (Å²) in [6.07, 6.45) is 1.80. The topological polar surface area (TPSA) is 67.0 Å². The van der Waals surface area contributed by atoms with Gasteiger partial charge in [0.15, 0.2) is 5.16 Å². The second kappa shape index (κ2) is 9.48. The molecule has 1 heterocycles. The number of thioether (sulfide) groups is 1. The summed E-state index contributed by atoms with van der Waals surface area (Å²) >= 11 is 7.47. The molecule has 0 bridgehead atoms. The SMILES string of the molecule is CCOc1ccc(C(=O)NCCSc2ncc(-c3ccc(Cl)cc3)[nH]2)cc1. The maximum absolute atomic E-state index is 12.1. The van der Waals surface area contributed by atoms with E-state index in [1.807, 2.05) is 31.2 Å². The Morgan fingerprint density at radius 1 is 1.19 bits per heavy atom. The lowest BCUT2D eigenvalue weighted by molar-refractivity contribution is 0.0956. The van der Waals surface area contributed by atoms with E-state index in [9.17, 15) is 4.79 Å². The first-order valence-electron chi connectivity index (χ1n) is 8.60. The van der Waals surface area contributed by atoms with Crippen LogP contribution in [0.5, 0.6) is 5.75 Å². The quantitative estimate of drug-likeness (QED) is 0.426. The van der Waals surface area contributed by atoms with Crippen LogP contribution in [0.2, 0.25) is 5.02 Å². The third kappa shape index (κ3) is 5.52. The van der Waals surface area contributed by atoms with Gasteiger partial charge in [0.2, 0.25) is 0 Å². The van der Waals surface area contributed by atoms with Gasteiger partial charge >= 0.3 is 0 Å². The number of H-pyrrole nitrogens is 1. The fourth-order valence-electron chi connectivity index (χ4n) is 2.44. The van der Waals surface area contributed by atoms with Gasteiger partial charge in [0.05, 0.1) is 18.5 Å². The number of benzene rings is 2. The number of carbonyl (C=O) groups excluding carboxylic acids is 1. The summed E-state index contributed by atoms with van der Waals surface area (Å²) in [7, 11) is 0. The van der Waals surface area contributed by atoms with Crippen molar-refractivity contribution < 1.29 is 9.53 Å². The fourth-order valence-corrected chi connectivity index (χ4v) is 3.27. The van der Waals surface area contributed by atoms with Gasteiger partial charge in [-0.15, -0.1) is 0 Å². The Morgan fingerprint density at radius 2 is 1.93 bits per heavy atom. The number of ether oxygens (including phenoxy) is 1. The van der Waals surface area contributed by atoms with Crippen LogP contribution in [0.15, 0.2) is 59.9 Å². The molecule has 0 saturated heterocycles. The summed E-state index contributed by atoms with van der Waals surface area (Å²) in [5, 5.41) is 4.43. The smallest absolute Gasteiger partial charge is 0.251 e. The molecular formula is C20H20ClN3O2S. The minimum atomic E-state index is -0.0973. The highest BCUT2D eigenvalue weighted by molar-refractivity contribution is 7.99. The maximum Gasteiger partial charge on any atom is 0.251 e. The number of halogens is 1. The Balaban J connectivity index is 1.44. The van der Waals surface area contributed by atoms with Gasteiger partial charge in [-0.2, -0.15) is 0 Å². The zero-order chi connectivity index (χ0) is 19.1. The first-order valence-corrected chi connectivity index (χ1v) is 9.97. The number of amides is 1.